The maximum absolute atomic E-state index is 9.58. The number of hydrogen-bond acceptors (Lipinski definition) is 5. The number of aryl methyl sites for hydroxylation is 1. The topological polar surface area (TPSA) is 80.9 Å². The van der Waals surface area contributed by atoms with Gasteiger partial charge in [0, 0.05) is 17.9 Å². The quantitative estimate of drug-likeness (QED) is 0.379. The summed E-state index contributed by atoms with van der Waals surface area (Å²) in [6.07, 6.45) is 3.44. The maximum Gasteiger partial charge on any atom is 0.197 e. The lowest BCUT2D eigenvalue weighted by atomic mass is 9.80. The van der Waals surface area contributed by atoms with Crippen LogP contribution in [0.4, 0.5) is 0 Å². The number of thioether (sulfide) groups is 1. The van der Waals surface area contributed by atoms with Crippen LogP contribution in [0.3, 0.4) is 0 Å². The molecule has 0 radical (unpaired) electrons. The molecule has 4 nitrogen and oxygen atoms in total. The molecule has 2 aliphatic rings. The molecule has 150 valence electrons. The van der Waals surface area contributed by atoms with E-state index < -0.39 is 5.76 Å². The fraction of sp³-hybridized carbons (Fsp3) is 0.250. The average Bonchev–Trinajstić information content (AvgIpc) is 2.77. The molecule has 0 bridgehead atoms. The lowest BCUT2D eigenvalue weighted by molar-refractivity contribution is 0.253. The van der Waals surface area contributed by atoms with Crippen LogP contribution in [0.2, 0.25) is 0 Å². The Bertz CT molecular complexity index is 1120. The summed E-state index contributed by atoms with van der Waals surface area (Å²) in [5.41, 5.74) is 2.82. The molecular formula is C24H24O4S. The zero-order valence-electron chi connectivity index (χ0n) is 16.0. The molecule has 0 spiro atoms. The zero-order chi connectivity index (χ0) is 20.4. The van der Waals surface area contributed by atoms with Gasteiger partial charge in [-0.15, -0.1) is 11.8 Å². The molecule has 0 fully saturated rings. The van der Waals surface area contributed by atoms with Crippen molar-refractivity contribution in [3.63, 3.8) is 0 Å². The van der Waals surface area contributed by atoms with Gasteiger partial charge < -0.3 is 20.4 Å². The second-order valence-corrected chi connectivity index (χ2v) is 8.25. The van der Waals surface area contributed by atoms with Gasteiger partial charge in [0.05, 0.1) is 5.75 Å². The third-order valence-electron chi connectivity index (χ3n) is 5.64. The van der Waals surface area contributed by atoms with Gasteiger partial charge in [-0.1, -0.05) is 48.5 Å². The van der Waals surface area contributed by atoms with Crippen LogP contribution < -0.4 is 0 Å². The molecular weight excluding hydrogens is 384 g/mol. The van der Waals surface area contributed by atoms with Crippen molar-refractivity contribution in [1.29, 1.82) is 0 Å². The Balaban J connectivity index is 0.000000192. The number of hydrogen-bond donors (Lipinski definition) is 4. The number of benzene rings is 3. The summed E-state index contributed by atoms with van der Waals surface area (Å²) in [5.74, 6) is -0.178. The molecule has 5 rings (SSSR count). The molecule has 3 aromatic carbocycles. The summed E-state index contributed by atoms with van der Waals surface area (Å²) in [4.78, 5) is 0. The highest BCUT2D eigenvalue weighted by molar-refractivity contribution is 8.02. The van der Waals surface area contributed by atoms with Crippen molar-refractivity contribution in [2.24, 2.45) is 0 Å². The van der Waals surface area contributed by atoms with Gasteiger partial charge in [0.2, 0.25) is 0 Å². The van der Waals surface area contributed by atoms with E-state index in [4.69, 9.17) is 15.3 Å². The SMILES string of the molecule is OC1=CSCC(O)=C1O.OCC1CCCc2c1ccc1c2ccc2ccccc21. The molecule has 1 aliphatic heterocycles. The summed E-state index contributed by atoms with van der Waals surface area (Å²) in [7, 11) is 0. The van der Waals surface area contributed by atoms with E-state index in [1.165, 1.54) is 56.3 Å². The second kappa shape index (κ2) is 8.39. The largest absolute Gasteiger partial charge is 0.507 e. The third-order valence-corrected chi connectivity index (χ3v) is 6.47. The Morgan fingerprint density at radius 1 is 0.897 bits per heavy atom. The summed E-state index contributed by atoms with van der Waals surface area (Å²) in [5, 5.41) is 42.5. The molecule has 1 heterocycles. The van der Waals surface area contributed by atoms with Gasteiger partial charge in [-0.2, -0.15) is 0 Å². The first-order chi connectivity index (χ1) is 14.1. The van der Waals surface area contributed by atoms with E-state index in [1.54, 1.807) is 0 Å². The first kappa shape index (κ1) is 19.7. The normalized spacial score (nSPS) is 18.8. The lowest BCUT2D eigenvalue weighted by Crippen LogP contribution is -2.13. The monoisotopic (exact) mass is 408 g/mol. The predicted molar refractivity (Wildman–Crippen MR) is 120 cm³/mol. The molecule has 0 aromatic heterocycles. The fourth-order valence-electron chi connectivity index (χ4n) is 4.17. The highest BCUT2D eigenvalue weighted by Crippen LogP contribution is 2.37. The number of rotatable bonds is 1. The van der Waals surface area contributed by atoms with E-state index in [1.807, 2.05) is 0 Å². The van der Waals surface area contributed by atoms with E-state index >= 15 is 0 Å². The number of fused-ring (bicyclic) bond motifs is 5. The summed E-state index contributed by atoms with van der Waals surface area (Å²) in [6.45, 7) is 0.270. The van der Waals surface area contributed by atoms with Crippen LogP contribution in [0, 0.1) is 0 Å². The molecule has 1 atom stereocenters. The van der Waals surface area contributed by atoms with Crippen molar-refractivity contribution in [2.45, 2.75) is 25.2 Å². The minimum absolute atomic E-state index is 0.167. The Labute approximate surface area is 173 Å². The molecule has 0 saturated heterocycles. The van der Waals surface area contributed by atoms with Gasteiger partial charge in [0.1, 0.15) is 5.76 Å². The standard InChI is InChI=1S/C19H18O.C5H6O3S/c20-12-14-5-3-7-17-16(14)10-11-18-15-6-2-1-4-13(15)8-9-19(17)18;6-3-1-9-2-4(7)5(3)8/h1-2,4,6,8-11,14,20H,3,5,7,12H2;1,6-8H,2H2. The average molecular weight is 409 g/mol. The minimum Gasteiger partial charge on any atom is -0.507 e. The molecule has 29 heavy (non-hydrogen) atoms. The maximum atomic E-state index is 9.58. The van der Waals surface area contributed by atoms with Crippen LogP contribution in [-0.4, -0.2) is 32.8 Å². The van der Waals surface area contributed by atoms with Gasteiger partial charge in [0.25, 0.3) is 0 Å². The molecule has 5 heteroatoms. The number of aliphatic hydroxyl groups excluding tert-OH is 4. The Morgan fingerprint density at radius 2 is 1.69 bits per heavy atom. The smallest absolute Gasteiger partial charge is 0.197 e. The van der Waals surface area contributed by atoms with Crippen molar-refractivity contribution in [1.82, 2.24) is 0 Å². The van der Waals surface area contributed by atoms with Crippen LogP contribution in [0.25, 0.3) is 21.5 Å². The van der Waals surface area contributed by atoms with Crippen LogP contribution in [-0.2, 0) is 6.42 Å². The summed E-state index contributed by atoms with van der Waals surface area (Å²) < 4.78 is 0. The predicted octanol–water partition coefficient (Wildman–Crippen LogP) is 5.87. The van der Waals surface area contributed by atoms with Crippen molar-refractivity contribution in [3.05, 3.63) is 82.3 Å². The van der Waals surface area contributed by atoms with Crippen molar-refractivity contribution >= 4 is 33.3 Å². The summed E-state index contributed by atoms with van der Waals surface area (Å²) in [6, 6.07) is 17.5. The molecule has 1 unspecified atom stereocenters. The third kappa shape index (κ3) is 3.80. The zero-order valence-corrected chi connectivity index (χ0v) is 16.8. The molecule has 0 saturated carbocycles. The molecule has 1 aliphatic carbocycles. The van der Waals surface area contributed by atoms with Crippen LogP contribution in [0.5, 0.6) is 0 Å². The van der Waals surface area contributed by atoms with Crippen molar-refractivity contribution in [2.75, 3.05) is 12.4 Å². The van der Waals surface area contributed by atoms with Crippen molar-refractivity contribution < 1.29 is 20.4 Å². The van der Waals surface area contributed by atoms with E-state index in [0.29, 0.717) is 11.7 Å². The highest BCUT2D eigenvalue weighted by Gasteiger charge is 2.21. The molecule has 4 N–H and O–H groups in total. The van der Waals surface area contributed by atoms with E-state index in [2.05, 4.69) is 48.5 Å². The van der Waals surface area contributed by atoms with Gasteiger partial charge in [-0.25, -0.2) is 0 Å². The van der Waals surface area contributed by atoms with Crippen LogP contribution >= 0.6 is 11.8 Å². The Morgan fingerprint density at radius 3 is 2.45 bits per heavy atom. The van der Waals surface area contributed by atoms with E-state index in [0.717, 1.165) is 12.8 Å². The Hall–Kier alpha value is -2.63. The van der Waals surface area contributed by atoms with Crippen LogP contribution in [0.1, 0.15) is 29.9 Å². The van der Waals surface area contributed by atoms with Gasteiger partial charge in [-0.3, -0.25) is 0 Å². The molecule has 0 amide bonds. The highest BCUT2D eigenvalue weighted by atomic mass is 32.2. The van der Waals surface area contributed by atoms with E-state index in [-0.39, 0.29) is 18.1 Å². The summed E-state index contributed by atoms with van der Waals surface area (Å²) >= 11 is 1.23. The Kier molecular flexibility index (Phi) is 5.69. The number of aliphatic hydroxyl groups is 4. The lowest BCUT2D eigenvalue weighted by Gasteiger charge is -2.25. The minimum atomic E-state index is -0.409. The van der Waals surface area contributed by atoms with Crippen molar-refractivity contribution in [3.8, 4) is 0 Å². The first-order valence-corrected chi connectivity index (χ1v) is 10.8. The van der Waals surface area contributed by atoms with E-state index in [9.17, 15) is 5.11 Å². The first-order valence-electron chi connectivity index (χ1n) is 9.76. The van der Waals surface area contributed by atoms with Gasteiger partial charge >= 0.3 is 0 Å². The van der Waals surface area contributed by atoms with Gasteiger partial charge in [0.15, 0.2) is 11.5 Å². The molecule has 3 aromatic rings. The fourth-order valence-corrected chi connectivity index (χ4v) is 4.82. The van der Waals surface area contributed by atoms with Crippen LogP contribution in [0.15, 0.2) is 71.2 Å². The second-order valence-electron chi connectivity index (χ2n) is 7.40. The van der Waals surface area contributed by atoms with Gasteiger partial charge in [-0.05, 0) is 51.9 Å².